The molecule has 5 saturated heterocycles. The molecule has 23 atom stereocenters. The van der Waals surface area contributed by atoms with Gasteiger partial charge in [-0.1, -0.05) is 46.6 Å². The number of ether oxygens (including phenoxy) is 11. The number of rotatable bonds is 25. The van der Waals surface area contributed by atoms with Crippen molar-refractivity contribution in [1.29, 1.82) is 0 Å². The molecule has 29 nitrogen and oxygen atoms in total. The Bertz CT molecular complexity index is 2830. The van der Waals surface area contributed by atoms with Gasteiger partial charge in [-0.2, -0.15) is 0 Å². The van der Waals surface area contributed by atoms with Crippen LogP contribution >= 0.6 is 0 Å². The lowest BCUT2D eigenvalue weighted by Gasteiger charge is -2.43. The first-order chi connectivity index (χ1) is 43.4. The van der Waals surface area contributed by atoms with Crippen LogP contribution in [0.2, 0.25) is 0 Å². The molecule has 0 unspecified atom stereocenters. The third-order valence-electron chi connectivity index (χ3n) is 16.2. The molecule has 92 heavy (non-hydrogen) atoms. The zero-order valence-electron chi connectivity index (χ0n) is 52.4. The molecular formula is C63H90O29. The Hall–Kier alpha value is -4.98. The number of carbonyl (C=O) groups excluding carboxylic acids is 2. The van der Waals surface area contributed by atoms with E-state index >= 15 is 0 Å². The average Bonchev–Trinajstić information content (AvgIpc) is 1.51. The van der Waals surface area contributed by atoms with E-state index in [-0.39, 0.29) is 54.9 Å². The molecule has 5 heterocycles. The summed E-state index contributed by atoms with van der Waals surface area (Å²) in [4.78, 5) is 28.1. The van der Waals surface area contributed by atoms with Crippen LogP contribution in [0.15, 0.2) is 70.9 Å². The van der Waals surface area contributed by atoms with Gasteiger partial charge in [-0.15, -0.1) is 0 Å². The van der Waals surface area contributed by atoms with Crippen LogP contribution in [0.5, 0.6) is 11.5 Å². The summed E-state index contributed by atoms with van der Waals surface area (Å²) in [5.74, 6) is -4.40. The molecule has 0 aromatic heterocycles. The minimum atomic E-state index is -2.67. The molecule has 0 spiro atoms. The van der Waals surface area contributed by atoms with Crippen LogP contribution < -0.4 is 9.47 Å². The summed E-state index contributed by atoms with van der Waals surface area (Å²) in [5.41, 5.74) is 4.76. The SMILES string of the molecule is CC(C)=CCc1cc(C(=O)OC[C@H]2O[C@H](O[C@]3(CO)O[C@H](COC(=O)c4cc(CC=C(C)C)c(O[C@@H]5O[C@H](CO[C@@H]6OC[C@@H](O)[C@H](O)[C@H]6O)[C@@H](O)[C@H](O)[C@H]5O)c(CC=C(C)C)c4)[C@@H](O)[C@@H]3O)[C@H](O)[C@@H](O)[C@@H]2O)cc(CC=C(C)C)c1O[C@@H]1O[C@H](CO)[C@@H](O)[C@H](O)[C@H]1O. The maximum absolute atomic E-state index is 14.1. The maximum Gasteiger partial charge on any atom is 0.338 e. The molecule has 516 valence electrons. The second-order valence-electron chi connectivity index (χ2n) is 24.6. The minimum absolute atomic E-state index is 0.0473. The molecule has 0 aliphatic carbocycles. The summed E-state index contributed by atoms with van der Waals surface area (Å²) >= 11 is 0. The number of hydrogen-bond donors (Lipinski definition) is 16. The van der Waals surface area contributed by atoms with E-state index < -0.39 is 186 Å². The van der Waals surface area contributed by atoms with Gasteiger partial charge in [0.2, 0.25) is 18.4 Å². The highest BCUT2D eigenvalue weighted by molar-refractivity contribution is 5.91. The van der Waals surface area contributed by atoms with Crippen molar-refractivity contribution in [2.24, 2.45) is 0 Å². The van der Waals surface area contributed by atoms with Crippen molar-refractivity contribution in [3.63, 3.8) is 0 Å². The zero-order chi connectivity index (χ0) is 67.8. The van der Waals surface area contributed by atoms with E-state index in [2.05, 4.69) is 0 Å². The Labute approximate surface area is 531 Å². The number of hydrogen-bond acceptors (Lipinski definition) is 29. The first-order valence-corrected chi connectivity index (χ1v) is 30.2. The molecule has 0 radical (unpaired) electrons. The first-order valence-electron chi connectivity index (χ1n) is 30.2. The Morgan fingerprint density at radius 2 is 0.826 bits per heavy atom. The molecule has 2 aromatic carbocycles. The Morgan fingerprint density at radius 1 is 0.457 bits per heavy atom. The first kappa shape index (κ1) is 74.4. The van der Waals surface area contributed by atoms with Gasteiger partial charge < -0.3 is 134 Å². The monoisotopic (exact) mass is 1310 g/mol. The fraction of sp³-hybridized carbons (Fsp3) is 0.651. The molecule has 5 fully saturated rings. The van der Waals surface area contributed by atoms with Gasteiger partial charge in [0.25, 0.3) is 0 Å². The van der Waals surface area contributed by atoms with Gasteiger partial charge >= 0.3 is 11.9 Å². The van der Waals surface area contributed by atoms with Crippen molar-refractivity contribution in [3.8, 4) is 11.5 Å². The Balaban J connectivity index is 1.06. The van der Waals surface area contributed by atoms with Crippen molar-refractivity contribution in [3.05, 3.63) is 104 Å². The minimum Gasteiger partial charge on any atom is -0.461 e. The van der Waals surface area contributed by atoms with Gasteiger partial charge in [0.1, 0.15) is 141 Å². The number of benzene rings is 2. The lowest BCUT2D eigenvalue weighted by molar-refractivity contribution is -0.383. The second-order valence-corrected chi connectivity index (χ2v) is 24.6. The largest absolute Gasteiger partial charge is 0.461 e. The number of aliphatic hydroxyl groups excluding tert-OH is 16. The number of allylic oxidation sites excluding steroid dienone is 8. The van der Waals surface area contributed by atoms with Crippen LogP contribution in [0.1, 0.15) is 98.4 Å². The van der Waals surface area contributed by atoms with E-state index in [9.17, 15) is 91.3 Å². The highest BCUT2D eigenvalue weighted by Crippen LogP contribution is 2.39. The second kappa shape index (κ2) is 32.6. The normalized spacial score (nSPS) is 35.5. The van der Waals surface area contributed by atoms with Crippen molar-refractivity contribution >= 4 is 11.9 Å². The fourth-order valence-electron chi connectivity index (χ4n) is 10.7. The van der Waals surface area contributed by atoms with Crippen molar-refractivity contribution < 1.29 is 143 Å². The van der Waals surface area contributed by atoms with Gasteiger partial charge in [0, 0.05) is 0 Å². The highest BCUT2D eigenvalue weighted by atomic mass is 16.8. The molecule has 7 rings (SSSR count). The molecule has 16 N–H and O–H groups in total. The fourth-order valence-corrected chi connectivity index (χ4v) is 10.7. The molecule has 0 bridgehead atoms. The van der Waals surface area contributed by atoms with Gasteiger partial charge in [-0.05, 0) is 128 Å². The van der Waals surface area contributed by atoms with Crippen LogP contribution in [0, 0.1) is 0 Å². The van der Waals surface area contributed by atoms with Crippen molar-refractivity contribution in [2.45, 2.75) is 222 Å². The third kappa shape index (κ3) is 17.7. The van der Waals surface area contributed by atoms with Crippen LogP contribution in [0.25, 0.3) is 0 Å². The van der Waals surface area contributed by atoms with E-state index in [1.165, 1.54) is 24.3 Å². The topological polar surface area (TPSA) is 459 Å². The molecule has 2 aromatic rings. The van der Waals surface area contributed by atoms with Gasteiger partial charge in [0.15, 0.2) is 12.6 Å². The van der Waals surface area contributed by atoms with Crippen LogP contribution in [-0.4, -0.2) is 274 Å². The average molecular weight is 1310 g/mol. The number of esters is 2. The summed E-state index contributed by atoms with van der Waals surface area (Å²) in [5, 5.41) is 172. The molecule has 5 aliphatic rings. The lowest BCUT2D eigenvalue weighted by Crippen LogP contribution is -2.62. The zero-order valence-corrected chi connectivity index (χ0v) is 52.4. The molecule has 0 amide bonds. The predicted molar refractivity (Wildman–Crippen MR) is 316 cm³/mol. The van der Waals surface area contributed by atoms with Crippen LogP contribution in [0.4, 0.5) is 0 Å². The summed E-state index contributed by atoms with van der Waals surface area (Å²) in [6.07, 6.45) is -30.7. The van der Waals surface area contributed by atoms with Gasteiger partial charge in [-0.25, -0.2) is 9.59 Å². The lowest BCUT2D eigenvalue weighted by atomic mass is 9.97. The third-order valence-corrected chi connectivity index (χ3v) is 16.2. The summed E-state index contributed by atoms with van der Waals surface area (Å²) < 4.78 is 63.8. The summed E-state index contributed by atoms with van der Waals surface area (Å²) in [6, 6.07) is 5.69. The molecule has 0 saturated carbocycles. The molecule has 29 heteroatoms. The quantitative estimate of drug-likeness (QED) is 0.0352. The predicted octanol–water partition coefficient (Wildman–Crippen LogP) is -2.81. The van der Waals surface area contributed by atoms with Crippen LogP contribution in [-0.2, 0) is 68.3 Å². The van der Waals surface area contributed by atoms with E-state index in [1.807, 2.05) is 67.5 Å². The van der Waals surface area contributed by atoms with E-state index in [0.717, 1.165) is 22.3 Å². The maximum atomic E-state index is 14.1. The molecular weight excluding hydrogens is 1220 g/mol. The van der Waals surface area contributed by atoms with E-state index in [4.69, 9.17) is 52.1 Å². The van der Waals surface area contributed by atoms with Gasteiger partial charge in [0.05, 0.1) is 30.9 Å². The molecule has 5 aliphatic heterocycles. The standard InChI is InChI=1S/C63H90O29/c1-27(2)9-13-31-17-35(18-32(14-10-28(3)4)54(31)89-60-51(76)47(72)43(68)38(21-64)86-60)57(80)82-23-39-44(69)49(74)53(78)62(88-39)92-63(26-65)56(79)46(71)41(91-63)25-83-58(81)36-19-33(15-11-29(5)6)55(34(20-36)16-12-30(7)8)90-61-52(77)48(73)45(70)40(87-61)24-85-59-50(75)42(67)37(66)22-84-59/h9-12,17-20,37-53,56,59-62,64-79H,13-16,21-26H2,1-8H3/t37-,38-,39-,40-,41-,42+,43-,44-,45-,46-,47+,48+,49+,50-,51-,52-,53-,56+,59+,60+,61+,62-,63+/m1/s1. The highest BCUT2D eigenvalue weighted by Gasteiger charge is 2.59. The Kier molecular flexibility index (Phi) is 26.4. The van der Waals surface area contributed by atoms with Crippen molar-refractivity contribution in [2.75, 3.05) is 39.6 Å². The number of aliphatic hydroxyl groups is 16. The van der Waals surface area contributed by atoms with E-state index in [1.54, 1.807) is 12.2 Å². The van der Waals surface area contributed by atoms with Crippen LogP contribution in [0.3, 0.4) is 0 Å². The summed E-state index contributed by atoms with van der Waals surface area (Å²) in [7, 11) is 0. The van der Waals surface area contributed by atoms with Crippen molar-refractivity contribution in [1.82, 2.24) is 0 Å². The smallest absolute Gasteiger partial charge is 0.338 e. The van der Waals surface area contributed by atoms with E-state index in [0.29, 0.717) is 22.3 Å². The van der Waals surface area contributed by atoms with Gasteiger partial charge in [-0.3, -0.25) is 0 Å². The Morgan fingerprint density at radius 3 is 1.24 bits per heavy atom. The summed E-state index contributed by atoms with van der Waals surface area (Å²) in [6.45, 7) is 10.1. The number of carbonyl (C=O) groups is 2.